The van der Waals surface area contributed by atoms with E-state index in [2.05, 4.69) is 57.5 Å². The predicted molar refractivity (Wildman–Crippen MR) is 79.5 cm³/mol. The largest absolute Gasteiger partial charge is 0.300 e. The first kappa shape index (κ1) is 12.9. The lowest BCUT2D eigenvalue weighted by molar-refractivity contribution is 0.328. The summed E-state index contributed by atoms with van der Waals surface area (Å²) in [6, 6.07) is 6.35. The van der Waals surface area contributed by atoms with Gasteiger partial charge in [-0.2, -0.15) is 10.2 Å². The third-order valence-electron chi connectivity index (χ3n) is 3.55. The molecule has 20 heavy (non-hydrogen) atoms. The Balaban J connectivity index is 1.67. The maximum atomic E-state index is 4.36. The van der Waals surface area contributed by atoms with Gasteiger partial charge in [0.25, 0.3) is 0 Å². The molecular formula is C15H19N5. The van der Waals surface area contributed by atoms with E-state index in [-0.39, 0.29) is 0 Å². The van der Waals surface area contributed by atoms with E-state index in [0.29, 0.717) is 0 Å². The zero-order valence-corrected chi connectivity index (χ0v) is 11.8. The summed E-state index contributed by atoms with van der Waals surface area (Å²) in [5.74, 6) is 0. The number of rotatable bonds is 5. The number of benzene rings is 1. The highest BCUT2D eigenvalue weighted by Gasteiger charge is 2.08. The minimum absolute atomic E-state index is 0.873. The summed E-state index contributed by atoms with van der Waals surface area (Å²) in [5, 5.41) is 15.5. The topological polar surface area (TPSA) is 60.6 Å². The average molecular weight is 269 g/mol. The van der Waals surface area contributed by atoms with Gasteiger partial charge in [-0.15, -0.1) is 0 Å². The van der Waals surface area contributed by atoms with Gasteiger partial charge in [-0.25, -0.2) is 0 Å². The van der Waals surface area contributed by atoms with Gasteiger partial charge in [-0.3, -0.25) is 10.2 Å². The summed E-state index contributed by atoms with van der Waals surface area (Å²) in [5.41, 5.74) is 4.72. The summed E-state index contributed by atoms with van der Waals surface area (Å²) < 4.78 is 0. The van der Waals surface area contributed by atoms with Crippen molar-refractivity contribution >= 4 is 10.9 Å². The van der Waals surface area contributed by atoms with Crippen molar-refractivity contribution in [1.29, 1.82) is 0 Å². The van der Waals surface area contributed by atoms with Crippen molar-refractivity contribution in [3.05, 3.63) is 47.4 Å². The van der Waals surface area contributed by atoms with Crippen molar-refractivity contribution in [2.24, 2.45) is 0 Å². The molecule has 2 N–H and O–H groups in total. The monoisotopic (exact) mass is 269 g/mol. The lowest BCUT2D eigenvalue weighted by Crippen LogP contribution is -2.21. The first-order valence-electron chi connectivity index (χ1n) is 6.82. The number of aromatic amines is 2. The summed E-state index contributed by atoms with van der Waals surface area (Å²) in [4.78, 5) is 2.29. The second kappa shape index (κ2) is 5.46. The van der Waals surface area contributed by atoms with Crippen LogP contribution >= 0.6 is 0 Å². The Kier molecular flexibility index (Phi) is 3.52. The molecule has 0 aliphatic heterocycles. The molecule has 0 aliphatic carbocycles. The van der Waals surface area contributed by atoms with E-state index in [1.165, 1.54) is 22.2 Å². The summed E-state index contributed by atoms with van der Waals surface area (Å²) in [6.45, 7) is 3.97. The second-order valence-electron chi connectivity index (χ2n) is 5.32. The molecule has 5 heteroatoms. The van der Waals surface area contributed by atoms with Crippen LogP contribution in [0, 0.1) is 6.92 Å². The lowest BCUT2D eigenvalue weighted by atomic mass is 10.1. The molecule has 3 aromatic rings. The molecule has 0 amide bonds. The SMILES string of the molecule is Cc1ccc2n[nH]c(CN(C)CCc3cn[nH]c3)c2c1. The highest BCUT2D eigenvalue weighted by molar-refractivity contribution is 5.81. The van der Waals surface area contributed by atoms with E-state index in [4.69, 9.17) is 0 Å². The normalized spacial score (nSPS) is 11.6. The van der Waals surface area contributed by atoms with Crippen molar-refractivity contribution in [3.63, 3.8) is 0 Å². The zero-order valence-electron chi connectivity index (χ0n) is 11.8. The lowest BCUT2D eigenvalue weighted by Gasteiger charge is -2.15. The fraction of sp³-hybridized carbons (Fsp3) is 0.333. The van der Waals surface area contributed by atoms with Gasteiger partial charge in [0.2, 0.25) is 0 Å². The molecule has 0 saturated heterocycles. The maximum absolute atomic E-state index is 4.36. The van der Waals surface area contributed by atoms with Crippen molar-refractivity contribution in [1.82, 2.24) is 25.3 Å². The van der Waals surface area contributed by atoms with E-state index in [0.717, 1.165) is 25.0 Å². The van der Waals surface area contributed by atoms with Gasteiger partial charge in [0.1, 0.15) is 0 Å². The van der Waals surface area contributed by atoms with Crippen LogP contribution in [0.1, 0.15) is 16.8 Å². The van der Waals surface area contributed by atoms with Crippen LogP contribution in [-0.2, 0) is 13.0 Å². The maximum Gasteiger partial charge on any atom is 0.0924 e. The van der Waals surface area contributed by atoms with Crippen LogP contribution in [0.25, 0.3) is 10.9 Å². The van der Waals surface area contributed by atoms with Crippen LogP contribution < -0.4 is 0 Å². The highest BCUT2D eigenvalue weighted by Crippen LogP contribution is 2.18. The molecule has 0 atom stereocenters. The van der Waals surface area contributed by atoms with Gasteiger partial charge in [0.05, 0.1) is 17.4 Å². The van der Waals surface area contributed by atoms with Gasteiger partial charge in [-0.1, -0.05) is 11.6 Å². The molecule has 3 rings (SSSR count). The Bertz CT molecular complexity index is 683. The van der Waals surface area contributed by atoms with E-state index in [1.54, 1.807) is 0 Å². The molecule has 1 aromatic carbocycles. The zero-order chi connectivity index (χ0) is 13.9. The first-order valence-corrected chi connectivity index (χ1v) is 6.82. The standard InChI is InChI=1S/C15H19N5/c1-11-3-4-14-13(7-11)15(19-18-14)10-20(2)6-5-12-8-16-17-9-12/h3-4,7-9H,5-6,10H2,1-2H3,(H,16,17)(H,18,19). The molecule has 0 fully saturated rings. The number of nitrogens with one attached hydrogen (secondary N) is 2. The number of aromatic nitrogens is 4. The Morgan fingerprint density at radius 1 is 1.30 bits per heavy atom. The number of nitrogens with zero attached hydrogens (tertiary/aromatic N) is 3. The van der Waals surface area contributed by atoms with Gasteiger partial charge in [0, 0.05) is 24.7 Å². The molecular weight excluding hydrogens is 250 g/mol. The molecule has 104 valence electrons. The van der Waals surface area contributed by atoms with E-state index in [1.807, 2.05) is 12.4 Å². The number of aryl methyl sites for hydroxylation is 1. The number of hydrogen-bond donors (Lipinski definition) is 2. The Morgan fingerprint density at radius 3 is 3.00 bits per heavy atom. The van der Waals surface area contributed by atoms with Gasteiger partial charge in [-0.05, 0) is 38.1 Å². The smallest absolute Gasteiger partial charge is 0.0924 e. The molecule has 0 saturated carbocycles. The minimum atomic E-state index is 0.873. The Morgan fingerprint density at radius 2 is 2.20 bits per heavy atom. The molecule has 2 aromatic heterocycles. The summed E-state index contributed by atoms with van der Waals surface area (Å²) in [6.07, 6.45) is 4.82. The van der Waals surface area contributed by atoms with Crippen LogP contribution in [0.2, 0.25) is 0 Å². The molecule has 0 spiro atoms. The van der Waals surface area contributed by atoms with Gasteiger partial charge >= 0.3 is 0 Å². The minimum Gasteiger partial charge on any atom is -0.300 e. The number of H-pyrrole nitrogens is 2. The molecule has 0 aliphatic rings. The van der Waals surface area contributed by atoms with Gasteiger partial charge < -0.3 is 4.90 Å². The summed E-state index contributed by atoms with van der Waals surface area (Å²) in [7, 11) is 2.13. The molecule has 5 nitrogen and oxygen atoms in total. The van der Waals surface area contributed by atoms with Crippen molar-refractivity contribution in [3.8, 4) is 0 Å². The van der Waals surface area contributed by atoms with E-state index in [9.17, 15) is 0 Å². The summed E-state index contributed by atoms with van der Waals surface area (Å²) >= 11 is 0. The first-order chi connectivity index (χ1) is 9.72. The quantitative estimate of drug-likeness (QED) is 0.747. The van der Waals surface area contributed by atoms with E-state index >= 15 is 0 Å². The highest BCUT2D eigenvalue weighted by atomic mass is 15.2. The molecule has 0 bridgehead atoms. The molecule has 0 unspecified atom stereocenters. The van der Waals surface area contributed by atoms with Crippen LogP contribution in [0.15, 0.2) is 30.6 Å². The third kappa shape index (κ3) is 2.72. The molecule has 0 radical (unpaired) electrons. The Labute approximate surface area is 118 Å². The molecule has 2 heterocycles. The number of likely N-dealkylation sites (N-methyl/N-ethyl adjacent to an activating group) is 1. The fourth-order valence-electron chi connectivity index (χ4n) is 2.38. The van der Waals surface area contributed by atoms with E-state index < -0.39 is 0 Å². The van der Waals surface area contributed by atoms with Gasteiger partial charge in [0.15, 0.2) is 0 Å². The third-order valence-corrected chi connectivity index (χ3v) is 3.55. The van der Waals surface area contributed by atoms with Crippen molar-refractivity contribution in [2.45, 2.75) is 19.9 Å². The number of hydrogen-bond acceptors (Lipinski definition) is 3. The van der Waals surface area contributed by atoms with Crippen LogP contribution in [0.4, 0.5) is 0 Å². The van der Waals surface area contributed by atoms with Crippen LogP contribution in [0.3, 0.4) is 0 Å². The second-order valence-corrected chi connectivity index (χ2v) is 5.32. The fourth-order valence-corrected chi connectivity index (χ4v) is 2.38. The van der Waals surface area contributed by atoms with Crippen molar-refractivity contribution < 1.29 is 0 Å². The van der Waals surface area contributed by atoms with Crippen LogP contribution in [-0.4, -0.2) is 38.9 Å². The number of fused-ring (bicyclic) bond motifs is 1. The average Bonchev–Trinajstić information content (AvgIpc) is 3.07. The van der Waals surface area contributed by atoms with Crippen molar-refractivity contribution in [2.75, 3.05) is 13.6 Å². The van der Waals surface area contributed by atoms with Crippen LogP contribution in [0.5, 0.6) is 0 Å². The predicted octanol–water partition coefficient (Wildman–Crippen LogP) is 2.27. The Hall–Kier alpha value is -2.14.